The molecule has 2 aromatic rings. The average Bonchev–Trinajstić information content (AvgIpc) is 3.32. The molecule has 2 amide bonds. The van der Waals surface area contributed by atoms with Crippen molar-refractivity contribution in [2.24, 2.45) is 5.92 Å². The highest BCUT2D eigenvalue weighted by Crippen LogP contribution is 2.39. The predicted molar refractivity (Wildman–Crippen MR) is 136 cm³/mol. The van der Waals surface area contributed by atoms with Gasteiger partial charge in [-0.15, -0.1) is 11.3 Å². The third kappa shape index (κ3) is 8.31. The van der Waals surface area contributed by atoms with Gasteiger partial charge >= 0.3 is 12.3 Å². The molecule has 0 aliphatic rings. The van der Waals surface area contributed by atoms with Crippen LogP contribution in [-0.2, 0) is 19.6 Å². The molecule has 0 saturated heterocycles. The van der Waals surface area contributed by atoms with E-state index in [1.54, 1.807) is 0 Å². The molecule has 0 saturated carbocycles. The first kappa shape index (κ1) is 31.3. The maximum atomic E-state index is 13.8. The van der Waals surface area contributed by atoms with Gasteiger partial charge in [-0.25, -0.2) is 13.2 Å². The Balaban J connectivity index is 2.41. The third-order valence-corrected chi connectivity index (χ3v) is 8.58. The molecule has 0 spiro atoms. The topological polar surface area (TPSA) is 151 Å². The second-order valence-electron chi connectivity index (χ2n) is 8.69. The lowest BCUT2D eigenvalue weighted by Crippen LogP contribution is -2.43. The van der Waals surface area contributed by atoms with Gasteiger partial charge in [0.25, 0.3) is 0 Å². The summed E-state index contributed by atoms with van der Waals surface area (Å²) in [7, 11) is -3.13. The number of aliphatic hydroxyl groups excluding tert-OH is 1. The van der Waals surface area contributed by atoms with E-state index >= 15 is 0 Å². The molecule has 15 heteroatoms. The van der Waals surface area contributed by atoms with E-state index in [1.807, 2.05) is 24.5 Å². The number of halogens is 3. The summed E-state index contributed by atoms with van der Waals surface area (Å²) in [5, 5.41) is 14.0. The number of thiophene rings is 1. The molecule has 5 N–H and O–H groups in total. The Labute approximate surface area is 223 Å². The van der Waals surface area contributed by atoms with Gasteiger partial charge < -0.3 is 26.2 Å². The van der Waals surface area contributed by atoms with E-state index in [4.69, 9.17) is 5.73 Å². The van der Waals surface area contributed by atoms with E-state index in [9.17, 15) is 36.3 Å². The number of carbonyl (C=O) groups excluding carboxylic acids is 2. The molecular formula is C23H31F3N4O6S2. The minimum absolute atomic E-state index is 0.00146. The fourth-order valence-electron chi connectivity index (χ4n) is 3.38. The molecule has 2 rings (SSSR count). The van der Waals surface area contributed by atoms with E-state index in [0.29, 0.717) is 23.4 Å². The van der Waals surface area contributed by atoms with Crippen molar-refractivity contribution in [3.63, 3.8) is 0 Å². The van der Waals surface area contributed by atoms with Crippen LogP contribution in [0.15, 0.2) is 41.3 Å². The molecule has 0 aliphatic carbocycles. The Hall–Kier alpha value is -2.88. The number of nitrogens with zero attached hydrogens (tertiary/aromatic N) is 1. The van der Waals surface area contributed by atoms with Crippen molar-refractivity contribution in [3.8, 4) is 0 Å². The molecule has 0 aliphatic heterocycles. The number of alkyl halides is 3. The van der Waals surface area contributed by atoms with Crippen LogP contribution in [0.3, 0.4) is 0 Å². The number of carbonyl (C=O) groups is 2. The summed E-state index contributed by atoms with van der Waals surface area (Å²) in [4.78, 5) is 22.9. The molecule has 10 nitrogen and oxygen atoms in total. The van der Waals surface area contributed by atoms with E-state index in [-0.39, 0.29) is 27.1 Å². The monoisotopic (exact) mass is 580 g/mol. The second-order valence-corrected chi connectivity index (χ2v) is 11.7. The second kappa shape index (κ2) is 13.3. The van der Waals surface area contributed by atoms with Crippen molar-refractivity contribution in [1.82, 2.24) is 14.9 Å². The quantitative estimate of drug-likeness (QED) is 0.282. The Kier molecular flexibility index (Phi) is 10.9. The number of nitrogens with one attached hydrogen (secondary N) is 2. The summed E-state index contributed by atoms with van der Waals surface area (Å²) in [5.41, 5.74) is 6.02. The van der Waals surface area contributed by atoms with Gasteiger partial charge in [-0.1, -0.05) is 13.8 Å². The van der Waals surface area contributed by atoms with Crippen LogP contribution in [0.2, 0.25) is 0 Å². The van der Waals surface area contributed by atoms with Crippen molar-refractivity contribution in [1.29, 1.82) is 0 Å². The zero-order valence-electron chi connectivity index (χ0n) is 21.0. The number of alkyl carbamates (subject to hydrolysis) is 1. The van der Waals surface area contributed by atoms with Gasteiger partial charge in [-0.3, -0.25) is 4.79 Å². The van der Waals surface area contributed by atoms with Gasteiger partial charge in [0.15, 0.2) is 6.04 Å². The molecule has 1 heterocycles. The minimum atomic E-state index is -4.90. The number of methoxy groups -OCH3 is 1. The summed E-state index contributed by atoms with van der Waals surface area (Å²) >= 11 is 0.615. The number of anilines is 1. The maximum absolute atomic E-state index is 13.8. The van der Waals surface area contributed by atoms with E-state index in [1.165, 1.54) is 30.3 Å². The zero-order valence-corrected chi connectivity index (χ0v) is 22.6. The van der Waals surface area contributed by atoms with Crippen LogP contribution in [0.5, 0.6) is 0 Å². The Morgan fingerprint density at radius 2 is 1.74 bits per heavy atom. The summed E-state index contributed by atoms with van der Waals surface area (Å²) in [6.07, 6.45) is -5.46. The number of rotatable bonds is 12. The van der Waals surface area contributed by atoms with Gasteiger partial charge in [0.1, 0.15) is 6.54 Å². The van der Waals surface area contributed by atoms with Crippen molar-refractivity contribution < 1.29 is 41.0 Å². The number of hydrogen-bond donors (Lipinski definition) is 4. The number of aliphatic hydroxyl groups is 1. The van der Waals surface area contributed by atoms with Crippen LogP contribution in [0.4, 0.5) is 23.7 Å². The first-order valence-electron chi connectivity index (χ1n) is 11.5. The van der Waals surface area contributed by atoms with Crippen LogP contribution >= 0.6 is 11.3 Å². The van der Waals surface area contributed by atoms with Crippen LogP contribution in [0.1, 0.15) is 42.1 Å². The first-order chi connectivity index (χ1) is 17.7. The largest absolute Gasteiger partial charge is 0.453 e. The van der Waals surface area contributed by atoms with Crippen molar-refractivity contribution in [2.45, 2.75) is 43.4 Å². The molecule has 0 radical (unpaired) electrons. The summed E-state index contributed by atoms with van der Waals surface area (Å²) < 4.78 is 73.9. The number of benzene rings is 1. The molecule has 1 aromatic heterocycles. The van der Waals surface area contributed by atoms with Crippen LogP contribution in [0, 0.1) is 5.92 Å². The number of nitrogen functional groups attached to an aromatic ring is 1. The van der Waals surface area contributed by atoms with Crippen LogP contribution in [-0.4, -0.2) is 62.8 Å². The Morgan fingerprint density at radius 1 is 1.13 bits per heavy atom. The van der Waals surface area contributed by atoms with Crippen molar-refractivity contribution in [3.05, 3.63) is 46.2 Å². The number of nitrogens with two attached hydrogens (primary N) is 1. The normalized spacial score (nSPS) is 13.8. The molecule has 1 aromatic carbocycles. The maximum Gasteiger partial charge on any atom is 0.413 e. The molecule has 1 unspecified atom stereocenters. The Morgan fingerprint density at radius 3 is 2.26 bits per heavy atom. The van der Waals surface area contributed by atoms with Gasteiger partial charge in [0, 0.05) is 22.0 Å². The predicted octanol–water partition coefficient (Wildman–Crippen LogP) is 3.18. The smallest absolute Gasteiger partial charge is 0.413 e. The molecule has 0 fully saturated rings. The molecular weight excluding hydrogens is 549 g/mol. The van der Waals surface area contributed by atoms with Crippen molar-refractivity contribution in [2.75, 3.05) is 32.5 Å². The number of ether oxygens (including phenoxy) is 1. The average molecular weight is 581 g/mol. The highest BCUT2D eigenvalue weighted by molar-refractivity contribution is 7.89. The minimum Gasteiger partial charge on any atom is -0.453 e. The fraction of sp³-hybridized carbons (Fsp3) is 0.478. The van der Waals surface area contributed by atoms with E-state index < -0.39 is 53.4 Å². The summed E-state index contributed by atoms with van der Waals surface area (Å²) in [5.74, 6) is -1.02. The first-order valence-corrected chi connectivity index (χ1v) is 13.7. The van der Waals surface area contributed by atoms with Gasteiger partial charge in [-0.2, -0.15) is 17.5 Å². The lowest BCUT2D eigenvalue weighted by molar-refractivity contribution is -0.162. The number of amides is 2. The van der Waals surface area contributed by atoms with Gasteiger partial charge in [0.05, 0.1) is 24.7 Å². The third-order valence-electron chi connectivity index (χ3n) is 5.41. The molecule has 0 bridgehead atoms. The number of hydrogen-bond acceptors (Lipinski definition) is 8. The van der Waals surface area contributed by atoms with E-state index in [2.05, 4.69) is 4.74 Å². The molecule has 212 valence electrons. The lowest BCUT2D eigenvalue weighted by Gasteiger charge is -2.30. The van der Waals surface area contributed by atoms with Crippen molar-refractivity contribution >= 4 is 39.0 Å². The fourth-order valence-corrected chi connectivity index (χ4v) is 6.25. The zero-order chi connectivity index (χ0) is 28.7. The van der Waals surface area contributed by atoms with E-state index in [0.717, 1.165) is 17.5 Å². The SMILES string of the molecule is COC(=O)NCC(=O)NC(c1ccc([C@@H](CO)N(CCC(C)C)S(=O)(=O)c2ccc(N)cc2)s1)C(F)(F)F. The summed E-state index contributed by atoms with van der Waals surface area (Å²) in [6.45, 7) is 2.33. The highest BCUT2D eigenvalue weighted by atomic mass is 32.2. The summed E-state index contributed by atoms with van der Waals surface area (Å²) in [6, 6.07) is 4.26. The molecule has 38 heavy (non-hydrogen) atoms. The van der Waals surface area contributed by atoms with Gasteiger partial charge in [-0.05, 0) is 48.7 Å². The standard InChI is InChI=1S/C23H31F3N4O6S2/c1-14(2)10-11-30(38(34,35)16-6-4-15(27)5-7-16)17(13-31)18-8-9-19(37-18)21(23(24,25)26)29-20(32)12-28-22(33)36-3/h4-9,14,17,21,31H,10-13,27H2,1-3H3,(H,28,33)(H,29,32)/t17-,21?/m1/s1. The van der Waals surface area contributed by atoms with Crippen LogP contribution in [0.25, 0.3) is 0 Å². The number of sulfonamides is 1. The lowest BCUT2D eigenvalue weighted by atomic mass is 10.1. The Bertz CT molecular complexity index is 1190. The molecule has 2 atom stereocenters. The van der Waals surface area contributed by atoms with Crippen LogP contribution < -0.4 is 16.4 Å². The highest BCUT2D eigenvalue weighted by Gasteiger charge is 2.43. The van der Waals surface area contributed by atoms with Gasteiger partial charge in [0.2, 0.25) is 15.9 Å².